The molecule has 11 heteroatoms. The van der Waals surface area contributed by atoms with Crippen molar-refractivity contribution in [2.24, 2.45) is 5.16 Å². The maximum atomic E-state index is 13.0. The van der Waals surface area contributed by atoms with Crippen molar-refractivity contribution in [1.82, 2.24) is 4.98 Å². The number of carbonyl (C=O) groups is 1. The summed E-state index contributed by atoms with van der Waals surface area (Å²) in [4.78, 5) is 22.7. The van der Waals surface area contributed by atoms with Crippen LogP contribution in [0.2, 0.25) is 10.0 Å². The third kappa shape index (κ3) is 6.63. The number of carbonyl (C=O) groups excluding carboxylic acids is 1. The van der Waals surface area contributed by atoms with Crippen molar-refractivity contribution in [3.05, 3.63) is 70.0 Å². The van der Waals surface area contributed by atoms with Crippen LogP contribution in [0, 0.1) is 0 Å². The van der Waals surface area contributed by atoms with Gasteiger partial charge in [-0.3, -0.25) is 9.78 Å². The molecule has 0 radical (unpaired) electrons. The van der Waals surface area contributed by atoms with E-state index in [2.05, 4.69) is 15.5 Å². The summed E-state index contributed by atoms with van der Waals surface area (Å²) < 4.78 is 23.4. The van der Waals surface area contributed by atoms with Crippen LogP contribution in [0.15, 0.2) is 53.9 Å². The summed E-state index contributed by atoms with van der Waals surface area (Å²) in [7, 11) is 3.17. The molecule has 2 aliphatic rings. The number of amides is 1. The van der Waals surface area contributed by atoms with E-state index in [1.165, 1.54) is 32.3 Å². The molecule has 0 bridgehead atoms. The minimum atomic E-state index is -0.747. The Morgan fingerprint density at radius 3 is 2.39 bits per heavy atom. The Morgan fingerprint density at radius 1 is 1.00 bits per heavy atom. The van der Waals surface area contributed by atoms with Crippen molar-refractivity contribution in [2.75, 3.05) is 26.1 Å². The minimum Gasteiger partial charge on any atom is -0.493 e. The zero-order valence-corrected chi connectivity index (χ0v) is 24.6. The van der Waals surface area contributed by atoms with Gasteiger partial charge in [-0.25, -0.2) is 0 Å². The number of hydrogen-bond acceptors (Lipinski definition) is 8. The summed E-state index contributed by atoms with van der Waals surface area (Å²) in [6, 6.07) is 10.7. The lowest BCUT2D eigenvalue weighted by Crippen LogP contribution is -2.33. The van der Waals surface area contributed by atoms with Gasteiger partial charge in [0.05, 0.1) is 41.8 Å². The van der Waals surface area contributed by atoms with Crippen LogP contribution < -0.4 is 24.3 Å². The molecule has 2 heterocycles. The lowest BCUT2D eigenvalue weighted by molar-refractivity contribution is -0.0361. The van der Waals surface area contributed by atoms with Gasteiger partial charge in [0.2, 0.25) is 0 Å². The largest absolute Gasteiger partial charge is 0.493 e. The van der Waals surface area contributed by atoms with Crippen molar-refractivity contribution in [3.8, 4) is 23.0 Å². The molecule has 216 valence electrons. The Morgan fingerprint density at radius 2 is 1.68 bits per heavy atom. The number of hydrogen-bond donors (Lipinski definition) is 1. The molecule has 2 aromatic carbocycles. The summed E-state index contributed by atoms with van der Waals surface area (Å²) in [6.45, 7) is 2.07. The molecule has 9 nitrogen and oxygen atoms in total. The minimum absolute atomic E-state index is 0.158. The second-order valence-electron chi connectivity index (χ2n) is 10.2. The highest BCUT2D eigenvalue weighted by Gasteiger charge is 2.36. The third-order valence-electron chi connectivity index (χ3n) is 7.06. The number of halogens is 2. The van der Waals surface area contributed by atoms with E-state index in [9.17, 15) is 4.79 Å². The fourth-order valence-corrected chi connectivity index (χ4v) is 5.29. The van der Waals surface area contributed by atoms with Gasteiger partial charge >= 0.3 is 0 Å². The number of nitrogens with one attached hydrogen (secondary N) is 1. The normalized spacial score (nSPS) is 18.4. The SMILES string of the molecule is COc1ccc(C(=O)Nc2c(Cl)cncc2Cl)cc1OCC1(C)CC(c2ccc(OC)c(OC3CCCC3)c2)=NO1. The highest BCUT2D eigenvalue weighted by atomic mass is 35.5. The molecule has 3 aromatic rings. The molecule has 1 aliphatic carbocycles. The van der Waals surface area contributed by atoms with E-state index in [0.29, 0.717) is 35.0 Å². The van der Waals surface area contributed by atoms with E-state index in [4.69, 9.17) is 47.0 Å². The first kappa shape index (κ1) is 28.8. The molecule has 1 atom stereocenters. The van der Waals surface area contributed by atoms with Gasteiger partial charge in [-0.1, -0.05) is 28.4 Å². The van der Waals surface area contributed by atoms with E-state index in [1.807, 2.05) is 25.1 Å². The summed E-state index contributed by atoms with van der Waals surface area (Å²) in [5.41, 5.74) is 1.53. The molecule has 5 rings (SSSR count). The number of benzene rings is 2. The maximum absolute atomic E-state index is 13.0. The lowest BCUT2D eigenvalue weighted by Gasteiger charge is -2.22. The Bertz CT molecular complexity index is 1440. The smallest absolute Gasteiger partial charge is 0.255 e. The molecule has 1 amide bonds. The van der Waals surface area contributed by atoms with Gasteiger partial charge in [-0.15, -0.1) is 0 Å². The van der Waals surface area contributed by atoms with Crippen molar-refractivity contribution in [3.63, 3.8) is 0 Å². The van der Waals surface area contributed by atoms with Crippen LogP contribution in [-0.4, -0.2) is 49.1 Å². The number of anilines is 1. The van der Waals surface area contributed by atoms with Crippen LogP contribution in [0.1, 0.15) is 54.9 Å². The number of aromatic nitrogens is 1. The van der Waals surface area contributed by atoms with Crippen LogP contribution in [0.4, 0.5) is 5.69 Å². The lowest BCUT2D eigenvalue weighted by atomic mass is 9.96. The van der Waals surface area contributed by atoms with E-state index in [-0.39, 0.29) is 28.4 Å². The van der Waals surface area contributed by atoms with Gasteiger partial charge in [0.1, 0.15) is 6.61 Å². The first-order valence-corrected chi connectivity index (χ1v) is 14.1. The topological polar surface area (TPSA) is 101 Å². The maximum Gasteiger partial charge on any atom is 0.255 e. The number of nitrogens with zero attached hydrogens (tertiary/aromatic N) is 2. The zero-order valence-electron chi connectivity index (χ0n) is 23.0. The summed E-state index contributed by atoms with van der Waals surface area (Å²) in [5.74, 6) is 1.82. The molecule has 1 unspecified atom stereocenters. The number of pyridine rings is 1. The Balaban J connectivity index is 1.26. The summed E-state index contributed by atoms with van der Waals surface area (Å²) in [6.07, 6.45) is 7.96. The van der Waals surface area contributed by atoms with Gasteiger partial charge in [0.25, 0.3) is 5.91 Å². The molecule has 1 aromatic heterocycles. The summed E-state index contributed by atoms with van der Waals surface area (Å²) >= 11 is 12.3. The average molecular weight is 600 g/mol. The highest BCUT2D eigenvalue weighted by Crippen LogP contribution is 2.36. The van der Waals surface area contributed by atoms with Crippen molar-refractivity contribution in [2.45, 2.75) is 50.7 Å². The number of methoxy groups -OCH3 is 2. The quantitative estimate of drug-likeness (QED) is 0.269. The molecule has 0 saturated heterocycles. The fraction of sp³-hybridized carbons (Fsp3) is 0.367. The molecule has 0 spiro atoms. The van der Waals surface area contributed by atoms with Crippen LogP contribution in [-0.2, 0) is 4.84 Å². The van der Waals surface area contributed by atoms with Crippen molar-refractivity contribution < 1.29 is 28.6 Å². The zero-order chi connectivity index (χ0) is 29.0. The average Bonchev–Trinajstić information content (AvgIpc) is 3.64. The standard InChI is InChI=1S/C30H31Cl2N3O6/c1-30(14-23(35-41-30)18-8-10-25(38-3)27(12-18)40-20-6-4-5-7-20)17-39-26-13-19(9-11-24(26)37-2)29(36)34-28-21(31)15-33-16-22(28)32/h8-13,15-16,20H,4-7,14,17H2,1-3H3,(H,33,34,36). The van der Waals surface area contributed by atoms with Crippen LogP contribution in [0.3, 0.4) is 0 Å². The summed E-state index contributed by atoms with van der Waals surface area (Å²) in [5, 5.41) is 7.55. The molecular formula is C30H31Cl2N3O6. The van der Waals surface area contributed by atoms with E-state index in [1.54, 1.807) is 25.3 Å². The van der Waals surface area contributed by atoms with Crippen LogP contribution >= 0.6 is 23.2 Å². The second kappa shape index (κ2) is 12.4. The Labute approximate surface area is 248 Å². The first-order valence-electron chi connectivity index (χ1n) is 13.3. The van der Waals surface area contributed by atoms with E-state index in [0.717, 1.165) is 24.1 Å². The Kier molecular flexibility index (Phi) is 8.75. The van der Waals surface area contributed by atoms with Gasteiger partial charge in [0, 0.05) is 29.9 Å². The molecule has 41 heavy (non-hydrogen) atoms. The second-order valence-corrected chi connectivity index (χ2v) is 11.0. The van der Waals surface area contributed by atoms with E-state index < -0.39 is 11.5 Å². The van der Waals surface area contributed by atoms with Gasteiger partial charge in [-0.2, -0.15) is 0 Å². The molecular weight excluding hydrogens is 569 g/mol. The molecule has 1 aliphatic heterocycles. The van der Waals surface area contributed by atoms with Crippen LogP contribution in [0.5, 0.6) is 23.0 Å². The van der Waals surface area contributed by atoms with Gasteiger partial charge < -0.3 is 29.1 Å². The predicted molar refractivity (Wildman–Crippen MR) is 157 cm³/mol. The van der Waals surface area contributed by atoms with Crippen molar-refractivity contribution >= 4 is 40.5 Å². The van der Waals surface area contributed by atoms with Gasteiger partial charge in [0.15, 0.2) is 28.6 Å². The molecule has 1 saturated carbocycles. The van der Waals surface area contributed by atoms with E-state index >= 15 is 0 Å². The number of ether oxygens (including phenoxy) is 4. The fourth-order valence-electron chi connectivity index (χ4n) is 4.83. The highest BCUT2D eigenvalue weighted by molar-refractivity contribution is 6.39. The molecule has 1 fully saturated rings. The molecule has 1 N–H and O–H groups in total. The van der Waals surface area contributed by atoms with Gasteiger partial charge in [-0.05, 0) is 69.0 Å². The first-order chi connectivity index (χ1) is 19.8. The van der Waals surface area contributed by atoms with Crippen molar-refractivity contribution in [1.29, 1.82) is 0 Å². The monoisotopic (exact) mass is 599 g/mol. The van der Waals surface area contributed by atoms with Crippen LogP contribution in [0.25, 0.3) is 0 Å². The Hall–Kier alpha value is -3.69. The number of oxime groups is 1. The predicted octanol–water partition coefficient (Wildman–Crippen LogP) is 6.94. The number of rotatable bonds is 10. The third-order valence-corrected chi connectivity index (χ3v) is 7.63.